The summed E-state index contributed by atoms with van der Waals surface area (Å²) in [6.45, 7) is 6.19. The Kier molecular flexibility index (Phi) is 5.80. The van der Waals surface area contributed by atoms with Gasteiger partial charge in [-0.2, -0.15) is 0 Å². The highest BCUT2D eigenvalue weighted by atomic mass is 35.5. The maximum Gasteiger partial charge on any atom is 0.240 e. The summed E-state index contributed by atoms with van der Waals surface area (Å²) in [5.74, 6) is 0.408. The predicted molar refractivity (Wildman–Crippen MR) is 79.3 cm³/mol. The lowest BCUT2D eigenvalue weighted by atomic mass is 10.1. The number of benzene rings is 1. The van der Waals surface area contributed by atoms with Crippen LogP contribution in [0, 0.1) is 19.8 Å². The molecule has 1 unspecified atom stereocenters. The molecule has 1 aromatic rings. The van der Waals surface area contributed by atoms with Crippen LogP contribution in [0.5, 0.6) is 0 Å². The first-order valence-corrected chi connectivity index (χ1v) is 7.75. The molecule has 6 heteroatoms. The Labute approximate surface area is 121 Å². The molecule has 0 spiro atoms. The van der Waals surface area contributed by atoms with E-state index in [1.165, 1.54) is 0 Å². The standard InChI is InChI=1S/C13H20N2O2S.ClH/c1-10-3-4-13(11(2)7-10)18(16,17)15-9-12-5-6-14-8-12;/h3-4,7,12,14-15H,5-6,8-9H2,1-2H3;1H. The molecule has 1 atom stereocenters. The van der Waals surface area contributed by atoms with Gasteiger partial charge in [-0.25, -0.2) is 13.1 Å². The van der Waals surface area contributed by atoms with Gasteiger partial charge in [-0.05, 0) is 50.9 Å². The average Bonchev–Trinajstić information content (AvgIpc) is 2.78. The van der Waals surface area contributed by atoms with Crippen LogP contribution in [0.2, 0.25) is 0 Å². The third-order valence-corrected chi connectivity index (χ3v) is 4.93. The smallest absolute Gasteiger partial charge is 0.240 e. The molecule has 108 valence electrons. The molecule has 1 fully saturated rings. The first kappa shape index (κ1) is 16.4. The van der Waals surface area contributed by atoms with Crippen molar-refractivity contribution in [2.24, 2.45) is 5.92 Å². The van der Waals surface area contributed by atoms with E-state index in [9.17, 15) is 8.42 Å². The van der Waals surface area contributed by atoms with E-state index >= 15 is 0 Å². The highest BCUT2D eigenvalue weighted by Gasteiger charge is 2.20. The van der Waals surface area contributed by atoms with Gasteiger partial charge in [0.1, 0.15) is 0 Å². The van der Waals surface area contributed by atoms with Crippen molar-refractivity contribution in [2.75, 3.05) is 19.6 Å². The fourth-order valence-electron chi connectivity index (χ4n) is 2.29. The SMILES string of the molecule is Cc1ccc(S(=O)(=O)NCC2CCNC2)c(C)c1.Cl. The molecule has 19 heavy (non-hydrogen) atoms. The summed E-state index contributed by atoms with van der Waals surface area (Å²) >= 11 is 0. The van der Waals surface area contributed by atoms with Gasteiger partial charge in [0, 0.05) is 6.54 Å². The molecule has 2 N–H and O–H groups in total. The molecule has 0 amide bonds. The van der Waals surface area contributed by atoms with Crippen LogP contribution in [-0.4, -0.2) is 28.1 Å². The average molecular weight is 305 g/mol. The predicted octanol–water partition coefficient (Wildman–Crippen LogP) is 1.61. The van der Waals surface area contributed by atoms with Crippen LogP contribution in [0.25, 0.3) is 0 Å². The quantitative estimate of drug-likeness (QED) is 0.888. The van der Waals surface area contributed by atoms with Crippen LogP contribution < -0.4 is 10.0 Å². The summed E-state index contributed by atoms with van der Waals surface area (Å²) in [4.78, 5) is 0.388. The number of nitrogens with one attached hydrogen (secondary N) is 2. The monoisotopic (exact) mass is 304 g/mol. The molecular weight excluding hydrogens is 284 g/mol. The van der Waals surface area contributed by atoms with Gasteiger partial charge in [-0.1, -0.05) is 17.7 Å². The fourth-order valence-corrected chi connectivity index (χ4v) is 3.64. The largest absolute Gasteiger partial charge is 0.316 e. The van der Waals surface area contributed by atoms with Crippen LogP contribution in [0.3, 0.4) is 0 Å². The Morgan fingerprint density at radius 3 is 2.68 bits per heavy atom. The van der Waals surface area contributed by atoms with Crippen LogP contribution >= 0.6 is 12.4 Å². The Morgan fingerprint density at radius 1 is 1.37 bits per heavy atom. The van der Waals surface area contributed by atoms with E-state index in [2.05, 4.69) is 10.0 Å². The van der Waals surface area contributed by atoms with Crippen molar-refractivity contribution in [1.82, 2.24) is 10.0 Å². The van der Waals surface area contributed by atoms with Crippen LogP contribution in [0.1, 0.15) is 17.5 Å². The molecule has 0 saturated carbocycles. The van der Waals surface area contributed by atoms with Crippen LogP contribution in [0.15, 0.2) is 23.1 Å². The Bertz CT molecular complexity index is 525. The number of halogens is 1. The molecule has 0 bridgehead atoms. The Balaban J connectivity index is 0.00000180. The van der Waals surface area contributed by atoms with Crippen molar-refractivity contribution in [2.45, 2.75) is 25.2 Å². The van der Waals surface area contributed by atoms with Crippen molar-refractivity contribution in [3.05, 3.63) is 29.3 Å². The Morgan fingerprint density at radius 2 is 2.11 bits per heavy atom. The molecule has 1 aromatic carbocycles. The summed E-state index contributed by atoms with van der Waals surface area (Å²) in [5, 5.41) is 3.23. The summed E-state index contributed by atoms with van der Waals surface area (Å²) in [5.41, 5.74) is 1.87. The minimum atomic E-state index is -3.37. The fraction of sp³-hybridized carbons (Fsp3) is 0.538. The molecule has 1 heterocycles. The van der Waals surface area contributed by atoms with Gasteiger partial charge < -0.3 is 5.32 Å². The zero-order chi connectivity index (χ0) is 13.2. The number of rotatable bonds is 4. The molecule has 0 aromatic heterocycles. The minimum absolute atomic E-state index is 0. The first-order chi connectivity index (χ1) is 8.49. The second-order valence-electron chi connectivity index (χ2n) is 4.98. The van der Waals surface area contributed by atoms with Crippen molar-refractivity contribution < 1.29 is 8.42 Å². The highest BCUT2D eigenvalue weighted by molar-refractivity contribution is 7.89. The lowest BCUT2D eigenvalue weighted by molar-refractivity contribution is 0.538. The first-order valence-electron chi connectivity index (χ1n) is 6.27. The lowest BCUT2D eigenvalue weighted by Gasteiger charge is -2.12. The molecule has 1 aliphatic heterocycles. The zero-order valence-corrected chi connectivity index (χ0v) is 12.9. The van der Waals surface area contributed by atoms with Crippen molar-refractivity contribution in [1.29, 1.82) is 0 Å². The minimum Gasteiger partial charge on any atom is -0.316 e. The van der Waals surface area contributed by atoms with Gasteiger partial charge in [-0.15, -0.1) is 12.4 Å². The normalized spacial score (nSPS) is 19.2. The summed E-state index contributed by atoms with van der Waals surface area (Å²) in [6.07, 6.45) is 1.04. The summed E-state index contributed by atoms with van der Waals surface area (Å²) in [7, 11) is -3.37. The number of hydrogen-bond donors (Lipinski definition) is 2. The number of aryl methyl sites for hydroxylation is 2. The van der Waals surface area contributed by atoms with Crippen molar-refractivity contribution in [3.8, 4) is 0 Å². The van der Waals surface area contributed by atoms with Crippen LogP contribution in [0.4, 0.5) is 0 Å². The van der Waals surface area contributed by atoms with E-state index in [1.807, 2.05) is 26.0 Å². The summed E-state index contributed by atoms with van der Waals surface area (Å²) in [6, 6.07) is 5.41. The molecule has 1 aliphatic rings. The van der Waals surface area contributed by atoms with Crippen molar-refractivity contribution >= 4 is 22.4 Å². The second-order valence-corrected chi connectivity index (χ2v) is 6.72. The van der Waals surface area contributed by atoms with E-state index in [4.69, 9.17) is 0 Å². The maximum atomic E-state index is 12.2. The molecule has 2 rings (SSSR count). The molecule has 1 saturated heterocycles. The van der Waals surface area contributed by atoms with E-state index in [-0.39, 0.29) is 12.4 Å². The van der Waals surface area contributed by atoms with Gasteiger partial charge >= 0.3 is 0 Å². The molecule has 4 nitrogen and oxygen atoms in total. The lowest BCUT2D eigenvalue weighted by Crippen LogP contribution is -2.30. The third-order valence-electron chi connectivity index (χ3n) is 3.34. The topological polar surface area (TPSA) is 58.2 Å². The van der Waals surface area contributed by atoms with E-state index in [0.29, 0.717) is 17.4 Å². The van der Waals surface area contributed by atoms with E-state index in [1.54, 1.807) is 6.07 Å². The van der Waals surface area contributed by atoms with Gasteiger partial charge in [0.15, 0.2) is 0 Å². The van der Waals surface area contributed by atoms with Gasteiger partial charge in [-0.3, -0.25) is 0 Å². The van der Waals surface area contributed by atoms with Gasteiger partial charge in [0.25, 0.3) is 0 Å². The molecular formula is C13H21ClN2O2S. The maximum absolute atomic E-state index is 12.2. The van der Waals surface area contributed by atoms with Crippen LogP contribution in [-0.2, 0) is 10.0 Å². The molecule has 0 radical (unpaired) electrons. The Hall–Kier alpha value is -0.620. The number of hydrogen-bond acceptors (Lipinski definition) is 3. The highest BCUT2D eigenvalue weighted by Crippen LogP contribution is 2.17. The van der Waals surface area contributed by atoms with Gasteiger partial charge in [0.05, 0.1) is 4.90 Å². The molecule has 0 aliphatic carbocycles. The third kappa shape index (κ3) is 4.18. The second kappa shape index (κ2) is 6.70. The zero-order valence-electron chi connectivity index (χ0n) is 11.3. The summed E-state index contributed by atoms with van der Waals surface area (Å²) < 4.78 is 27.1. The van der Waals surface area contributed by atoms with Gasteiger partial charge in [0.2, 0.25) is 10.0 Å². The van der Waals surface area contributed by atoms with E-state index < -0.39 is 10.0 Å². The number of sulfonamides is 1. The van der Waals surface area contributed by atoms with Crippen molar-refractivity contribution in [3.63, 3.8) is 0 Å². The van der Waals surface area contributed by atoms with E-state index in [0.717, 1.165) is 30.6 Å².